The summed E-state index contributed by atoms with van der Waals surface area (Å²) in [7, 11) is 1.77. The van der Waals surface area contributed by atoms with Gasteiger partial charge in [0.05, 0.1) is 10.6 Å². The molecule has 8 heteroatoms. The number of aromatic nitrogens is 2. The quantitative estimate of drug-likeness (QED) is 0.302. The number of benzene rings is 2. The van der Waals surface area contributed by atoms with Crippen molar-refractivity contribution in [2.45, 2.75) is 44.2 Å². The van der Waals surface area contributed by atoms with Gasteiger partial charge < -0.3 is 4.74 Å². The molecule has 176 valence electrons. The average molecular weight is 463 g/mol. The zero-order valence-electron chi connectivity index (χ0n) is 19.4. The Morgan fingerprint density at radius 1 is 1.21 bits per heavy atom. The van der Waals surface area contributed by atoms with Crippen LogP contribution in [0.5, 0.6) is 5.88 Å². The summed E-state index contributed by atoms with van der Waals surface area (Å²) in [5, 5.41) is 15.5. The van der Waals surface area contributed by atoms with Crippen molar-refractivity contribution in [3.8, 4) is 17.1 Å². The first-order valence-corrected chi connectivity index (χ1v) is 11.2. The molecule has 1 aliphatic heterocycles. The topological polar surface area (TPSA) is 82.5 Å². The molecular formula is C26H27FN4O3. The highest BCUT2D eigenvalue weighted by Crippen LogP contribution is 2.41. The Morgan fingerprint density at radius 2 is 1.94 bits per heavy atom. The van der Waals surface area contributed by atoms with Crippen molar-refractivity contribution in [1.29, 1.82) is 0 Å². The number of nitro groups is 1. The Kier molecular flexibility index (Phi) is 6.32. The number of nitrogens with zero attached hydrogens (tertiary/aromatic N) is 4. The molecule has 2 aromatic carbocycles. The number of nitro benzene ring substituents is 1. The van der Waals surface area contributed by atoms with E-state index in [1.165, 1.54) is 18.2 Å². The summed E-state index contributed by atoms with van der Waals surface area (Å²) in [6.07, 6.45) is 7.61. The van der Waals surface area contributed by atoms with Gasteiger partial charge in [0.25, 0.3) is 5.69 Å². The number of halogens is 1. The average Bonchev–Trinajstić information content (AvgIpc) is 3.43. The molecule has 0 aliphatic carbocycles. The molecule has 0 bridgehead atoms. The van der Waals surface area contributed by atoms with Gasteiger partial charge in [-0.3, -0.25) is 15.1 Å². The molecule has 0 spiro atoms. The van der Waals surface area contributed by atoms with Crippen molar-refractivity contribution in [3.05, 3.63) is 88.2 Å². The monoisotopic (exact) mass is 462 g/mol. The van der Waals surface area contributed by atoms with Gasteiger partial charge in [0, 0.05) is 37.0 Å². The van der Waals surface area contributed by atoms with Crippen LogP contribution in [0.4, 0.5) is 10.1 Å². The van der Waals surface area contributed by atoms with E-state index in [1.807, 2.05) is 19.1 Å². The normalized spacial score (nSPS) is 18.7. The van der Waals surface area contributed by atoms with Crippen LogP contribution in [-0.2, 0) is 13.5 Å². The zero-order valence-corrected chi connectivity index (χ0v) is 19.4. The largest absolute Gasteiger partial charge is 0.468 e. The van der Waals surface area contributed by atoms with Gasteiger partial charge >= 0.3 is 0 Å². The van der Waals surface area contributed by atoms with Crippen molar-refractivity contribution in [2.24, 2.45) is 12.0 Å². The third kappa shape index (κ3) is 4.35. The highest BCUT2D eigenvalue weighted by atomic mass is 19.1. The lowest BCUT2D eigenvalue weighted by molar-refractivity contribution is -0.384. The minimum atomic E-state index is -0.724. The summed E-state index contributed by atoms with van der Waals surface area (Å²) >= 11 is 0. The van der Waals surface area contributed by atoms with E-state index < -0.39 is 16.1 Å². The van der Waals surface area contributed by atoms with E-state index in [4.69, 9.17) is 9.73 Å². The second kappa shape index (κ2) is 9.21. The van der Waals surface area contributed by atoms with Crippen molar-refractivity contribution in [2.75, 3.05) is 0 Å². The smallest absolute Gasteiger partial charge is 0.269 e. The van der Waals surface area contributed by atoms with Crippen LogP contribution < -0.4 is 4.74 Å². The standard InChI is InChI=1S/C26H27FN4O3/c1-4-26(25(2)15-7-17-28-25,16-14-19-10-12-20(13-11-19)31(32)33)34-24-18-23(29-30(24)3)21-8-5-6-9-22(21)27/h5-13,15,17-18H,4,14,16H2,1-3H3. The molecule has 4 rings (SSSR count). The number of aliphatic imine (C=N–C) groups is 1. The molecule has 7 nitrogen and oxygen atoms in total. The summed E-state index contributed by atoms with van der Waals surface area (Å²) in [6, 6.07) is 14.8. The van der Waals surface area contributed by atoms with Crippen LogP contribution in [0.2, 0.25) is 0 Å². The highest BCUT2D eigenvalue weighted by Gasteiger charge is 2.48. The maximum Gasteiger partial charge on any atom is 0.269 e. The van der Waals surface area contributed by atoms with Gasteiger partial charge in [-0.1, -0.05) is 37.3 Å². The zero-order chi connectivity index (χ0) is 24.3. The molecule has 0 saturated heterocycles. The first-order valence-electron chi connectivity index (χ1n) is 11.2. The highest BCUT2D eigenvalue weighted by molar-refractivity contribution is 5.75. The maximum absolute atomic E-state index is 14.4. The summed E-state index contributed by atoms with van der Waals surface area (Å²) in [4.78, 5) is 15.3. The van der Waals surface area contributed by atoms with Crippen LogP contribution in [0.1, 0.15) is 32.3 Å². The molecule has 1 aromatic heterocycles. The van der Waals surface area contributed by atoms with Gasteiger partial charge in [0.15, 0.2) is 0 Å². The number of allylic oxidation sites excluding steroid dienone is 1. The summed E-state index contributed by atoms with van der Waals surface area (Å²) in [5.41, 5.74) is 0.590. The van der Waals surface area contributed by atoms with E-state index in [-0.39, 0.29) is 11.5 Å². The fourth-order valence-corrected chi connectivity index (χ4v) is 4.43. The van der Waals surface area contributed by atoms with Crippen molar-refractivity contribution in [3.63, 3.8) is 0 Å². The second-order valence-corrected chi connectivity index (χ2v) is 8.63. The number of hydrogen-bond acceptors (Lipinski definition) is 5. The minimum Gasteiger partial charge on any atom is -0.468 e. The van der Waals surface area contributed by atoms with E-state index in [1.54, 1.807) is 54.3 Å². The third-order valence-electron chi connectivity index (χ3n) is 6.59. The lowest BCUT2D eigenvalue weighted by atomic mass is 9.75. The predicted octanol–water partition coefficient (Wildman–Crippen LogP) is 5.69. The van der Waals surface area contributed by atoms with Gasteiger partial charge in [-0.25, -0.2) is 9.07 Å². The van der Waals surface area contributed by atoms with Crippen molar-refractivity contribution >= 4 is 11.9 Å². The maximum atomic E-state index is 14.4. The molecule has 0 radical (unpaired) electrons. The van der Waals surface area contributed by atoms with Crippen LogP contribution in [0.3, 0.4) is 0 Å². The molecule has 1 aliphatic rings. The Morgan fingerprint density at radius 3 is 2.56 bits per heavy atom. The summed E-state index contributed by atoms with van der Waals surface area (Å²) in [6.45, 7) is 4.08. The molecule has 0 fully saturated rings. The lowest BCUT2D eigenvalue weighted by Gasteiger charge is -2.43. The fraction of sp³-hybridized carbons (Fsp3) is 0.308. The first-order chi connectivity index (χ1) is 16.3. The van der Waals surface area contributed by atoms with Gasteiger partial charge in [-0.05, 0) is 50.0 Å². The molecule has 0 N–H and O–H groups in total. The van der Waals surface area contributed by atoms with E-state index in [0.29, 0.717) is 36.4 Å². The van der Waals surface area contributed by atoms with Gasteiger partial charge in [-0.15, -0.1) is 0 Å². The SMILES string of the molecule is CCC(CCc1ccc([N+](=O)[O-])cc1)(Oc1cc(-c2ccccc2F)nn1C)C1(C)C=CC=N1. The second-order valence-electron chi connectivity index (χ2n) is 8.63. The van der Waals surface area contributed by atoms with Crippen molar-refractivity contribution in [1.82, 2.24) is 9.78 Å². The van der Waals surface area contributed by atoms with Crippen LogP contribution >= 0.6 is 0 Å². The Bertz CT molecular complexity index is 1240. The predicted molar refractivity (Wildman–Crippen MR) is 130 cm³/mol. The number of ether oxygens (including phenoxy) is 1. The van der Waals surface area contributed by atoms with Gasteiger partial charge in [-0.2, -0.15) is 5.10 Å². The fourth-order valence-electron chi connectivity index (χ4n) is 4.43. The third-order valence-corrected chi connectivity index (χ3v) is 6.59. The van der Waals surface area contributed by atoms with Crippen LogP contribution in [0, 0.1) is 15.9 Å². The first kappa shape index (κ1) is 23.4. The van der Waals surface area contributed by atoms with E-state index in [9.17, 15) is 14.5 Å². The molecule has 3 aromatic rings. The van der Waals surface area contributed by atoms with Gasteiger partial charge in [0.1, 0.15) is 17.0 Å². The lowest BCUT2D eigenvalue weighted by Crippen LogP contribution is -2.53. The molecule has 2 atom stereocenters. The molecular weight excluding hydrogens is 435 g/mol. The Labute approximate surface area is 197 Å². The van der Waals surface area contributed by atoms with Crippen LogP contribution in [0.15, 0.2) is 71.7 Å². The van der Waals surface area contributed by atoms with E-state index in [0.717, 1.165) is 5.56 Å². The number of hydrogen-bond donors (Lipinski definition) is 0. The summed E-state index contributed by atoms with van der Waals surface area (Å²) < 4.78 is 22.7. The van der Waals surface area contributed by atoms with E-state index in [2.05, 4.69) is 12.0 Å². The number of aryl methyl sites for hydroxylation is 2. The van der Waals surface area contributed by atoms with Crippen molar-refractivity contribution < 1.29 is 14.1 Å². The van der Waals surface area contributed by atoms with E-state index >= 15 is 0 Å². The van der Waals surface area contributed by atoms with Crippen LogP contribution in [-0.4, -0.2) is 32.1 Å². The minimum absolute atomic E-state index is 0.0626. The number of rotatable bonds is 9. The molecule has 0 amide bonds. The molecule has 34 heavy (non-hydrogen) atoms. The van der Waals surface area contributed by atoms with Gasteiger partial charge in [0.2, 0.25) is 5.88 Å². The molecule has 2 unspecified atom stereocenters. The Balaban J connectivity index is 1.66. The number of non-ortho nitro benzene ring substituents is 1. The Hall–Kier alpha value is -3.81. The summed E-state index contributed by atoms with van der Waals surface area (Å²) in [5.74, 6) is 0.169. The van der Waals surface area contributed by atoms with Crippen LogP contribution in [0.25, 0.3) is 11.3 Å². The molecule has 0 saturated carbocycles. The molecule has 2 heterocycles.